The van der Waals surface area contributed by atoms with Crippen LogP contribution in [0, 0.1) is 5.82 Å². The maximum Gasteiger partial charge on any atom is 0.150 e. The van der Waals surface area contributed by atoms with Gasteiger partial charge in [0.25, 0.3) is 0 Å². The first-order valence-electron chi connectivity index (χ1n) is 5.78. The van der Waals surface area contributed by atoms with E-state index in [0.29, 0.717) is 33.9 Å². The summed E-state index contributed by atoms with van der Waals surface area (Å²) in [5, 5.41) is 0.300. The van der Waals surface area contributed by atoms with Gasteiger partial charge in [-0.1, -0.05) is 17.7 Å². The summed E-state index contributed by atoms with van der Waals surface area (Å²) in [5.41, 5.74) is 1.37. The summed E-state index contributed by atoms with van der Waals surface area (Å²) in [6, 6.07) is 7.33. The van der Waals surface area contributed by atoms with Gasteiger partial charge >= 0.3 is 0 Å². The molecule has 0 aromatic heterocycles. The largest absolute Gasteiger partial charge is 0.495 e. The number of rotatable bonds is 4. The molecule has 2 aromatic rings. The molecule has 0 atom stereocenters. The highest BCUT2D eigenvalue weighted by Crippen LogP contribution is 2.42. The first kappa shape index (κ1) is 14.3. The Morgan fingerprint density at radius 3 is 2.40 bits per heavy atom. The summed E-state index contributed by atoms with van der Waals surface area (Å²) in [7, 11) is 2.96. The fourth-order valence-electron chi connectivity index (χ4n) is 1.98. The van der Waals surface area contributed by atoms with Crippen LogP contribution in [0.2, 0.25) is 5.02 Å². The van der Waals surface area contributed by atoms with Crippen LogP contribution < -0.4 is 9.47 Å². The maximum atomic E-state index is 13.2. The lowest BCUT2D eigenvalue weighted by Crippen LogP contribution is -1.95. The minimum atomic E-state index is -0.477. The molecule has 0 saturated carbocycles. The molecule has 2 aromatic carbocycles. The molecule has 5 heteroatoms. The van der Waals surface area contributed by atoms with Crippen LogP contribution in [0.5, 0.6) is 11.5 Å². The molecule has 20 heavy (non-hydrogen) atoms. The van der Waals surface area contributed by atoms with E-state index in [1.54, 1.807) is 12.1 Å². The van der Waals surface area contributed by atoms with Gasteiger partial charge in [-0.3, -0.25) is 4.79 Å². The summed E-state index contributed by atoms with van der Waals surface area (Å²) in [6.45, 7) is 0. The Bertz CT molecular complexity index is 656. The van der Waals surface area contributed by atoms with E-state index in [1.165, 1.54) is 32.4 Å². The van der Waals surface area contributed by atoms with E-state index in [4.69, 9.17) is 21.1 Å². The SMILES string of the molecule is COc1ccc(-c2ccc(F)cc2C=O)c(OC)c1Cl. The Morgan fingerprint density at radius 1 is 1.10 bits per heavy atom. The minimum absolute atomic E-state index is 0.226. The Labute approximate surface area is 120 Å². The van der Waals surface area contributed by atoms with Crippen molar-refractivity contribution in [2.75, 3.05) is 14.2 Å². The third-order valence-electron chi connectivity index (χ3n) is 2.92. The lowest BCUT2D eigenvalue weighted by Gasteiger charge is -2.14. The van der Waals surface area contributed by atoms with E-state index in [9.17, 15) is 9.18 Å². The standard InChI is InChI=1S/C15H12ClFO3/c1-19-13-6-5-12(15(20-2)14(13)16)11-4-3-10(17)7-9(11)8-18/h3-8H,1-2H3. The van der Waals surface area contributed by atoms with Crippen LogP contribution in [0.4, 0.5) is 4.39 Å². The van der Waals surface area contributed by atoms with Crippen molar-refractivity contribution in [3.63, 3.8) is 0 Å². The van der Waals surface area contributed by atoms with Crippen LogP contribution in [0.3, 0.4) is 0 Å². The molecule has 104 valence electrons. The van der Waals surface area contributed by atoms with Crippen molar-refractivity contribution in [1.82, 2.24) is 0 Å². The van der Waals surface area contributed by atoms with Crippen molar-refractivity contribution in [2.24, 2.45) is 0 Å². The fraction of sp³-hybridized carbons (Fsp3) is 0.133. The van der Waals surface area contributed by atoms with Gasteiger partial charge in [0.05, 0.1) is 14.2 Å². The molecule has 0 heterocycles. The smallest absolute Gasteiger partial charge is 0.150 e. The third-order valence-corrected chi connectivity index (χ3v) is 3.27. The van der Waals surface area contributed by atoms with Gasteiger partial charge in [-0.05, 0) is 29.8 Å². The van der Waals surface area contributed by atoms with Gasteiger partial charge in [0.2, 0.25) is 0 Å². The van der Waals surface area contributed by atoms with Gasteiger partial charge in [0.15, 0.2) is 6.29 Å². The van der Waals surface area contributed by atoms with Gasteiger partial charge in [0, 0.05) is 11.1 Å². The molecule has 0 N–H and O–H groups in total. The van der Waals surface area contributed by atoms with Crippen LogP contribution in [0.25, 0.3) is 11.1 Å². The summed E-state index contributed by atoms with van der Waals surface area (Å²) < 4.78 is 23.6. The van der Waals surface area contributed by atoms with Crippen molar-refractivity contribution >= 4 is 17.9 Å². The Balaban J connectivity index is 2.70. The van der Waals surface area contributed by atoms with Crippen molar-refractivity contribution in [3.8, 4) is 22.6 Å². The van der Waals surface area contributed by atoms with Gasteiger partial charge in [-0.2, -0.15) is 0 Å². The fourth-order valence-corrected chi connectivity index (χ4v) is 2.30. The summed E-state index contributed by atoms with van der Waals surface area (Å²) >= 11 is 6.18. The summed E-state index contributed by atoms with van der Waals surface area (Å²) in [6.07, 6.45) is 0.593. The second-order valence-electron chi connectivity index (χ2n) is 4.01. The van der Waals surface area contributed by atoms with E-state index in [1.807, 2.05) is 0 Å². The minimum Gasteiger partial charge on any atom is -0.495 e. The number of carbonyl (C=O) groups is 1. The highest BCUT2D eigenvalue weighted by Gasteiger charge is 2.17. The molecule has 0 aliphatic rings. The van der Waals surface area contributed by atoms with Crippen molar-refractivity contribution < 1.29 is 18.7 Å². The normalized spacial score (nSPS) is 10.2. The van der Waals surface area contributed by atoms with E-state index < -0.39 is 5.82 Å². The highest BCUT2D eigenvalue weighted by atomic mass is 35.5. The molecule has 0 unspecified atom stereocenters. The second kappa shape index (κ2) is 5.92. The Morgan fingerprint density at radius 2 is 1.80 bits per heavy atom. The summed E-state index contributed by atoms with van der Waals surface area (Å²) in [5.74, 6) is 0.359. The average Bonchev–Trinajstić information content (AvgIpc) is 2.46. The molecule has 0 spiro atoms. The van der Waals surface area contributed by atoms with Crippen LogP contribution >= 0.6 is 11.6 Å². The predicted molar refractivity (Wildman–Crippen MR) is 75.3 cm³/mol. The highest BCUT2D eigenvalue weighted by molar-refractivity contribution is 6.34. The van der Waals surface area contributed by atoms with Crippen LogP contribution in [-0.4, -0.2) is 20.5 Å². The molecule has 0 saturated heterocycles. The van der Waals surface area contributed by atoms with Crippen molar-refractivity contribution in [3.05, 3.63) is 46.7 Å². The Kier molecular flexibility index (Phi) is 4.25. The number of aldehydes is 1. The third kappa shape index (κ3) is 2.47. The van der Waals surface area contributed by atoms with Gasteiger partial charge in [-0.15, -0.1) is 0 Å². The molecule has 0 aliphatic carbocycles. The van der Waals surface area contributed by atoms with Crippen LogP contribution in [0.15, 0.2) is 30.3 Å². The number of carbonyl (C=O) groups excluding carboxylic acids is 1. The van der Waals surface area contributed by atoms with Crippen molar-refractivity contribution in [2.45, 2.75) is 0 Å². The van der Waals surface area contributed by atoms with Crippen LogP contribution in [-0.2, 0) is 0 Å². The Hall–Kier alpha value is -2.07. The molecular formula is C15H12ClFO3. The molecule has 0 radical (unpaired) electrons. The van der Waals surface area contributed by atoms with E-state index in [0.717, 1.165) is 0 Å². The monoisotopic (exact) mass is 294 g/mol. The molecule has 0 bridgehead atoms. The molecular weight excluding hydrogens is 283 g/mol. The number of benzene rings is 2. The predicted octanol–water partition coefficient (Wildman–Crippen LogP) is 3.98. The van der Waals surface area contributed by atoms with E-state index >= 15 is 0 Å². The van der Waals surface area contributed by atoms with Crippen molar-refractivity contribution in [1.29, 1.82) is 0 Å². The van der Waals surface area contributed by atoms with E-state index in [-0.39, 0.29) is 5.56 Å². The number of halogens is 2. The zero-order chi connectivity index (χ0) is 14.7. The molecule has 0 fully saturated rings. The topological polar surface area (TPSA) is 35.5 Å². The lowest BCUT2D eigenvalue weighted by molar-refractivity contribution is 0.112. The van der Waals surface area contributed by atoms with Crippen LogP contribution in [0.1, 0.15) is 10.4 Å². The molecule has 2 rings (SSSR count). The number of hydrogen-bond donors (Lipinski definition) is 0. The molecule has 0 aliphatic heterocycles. The maximum absolute atomic E-state index is 13.2. The quantitative estimate of drug-likeness (QED) is 0.800. The van der Waals surface area contributed by atoms with Gasteiger partial charge in [0.1, 0.15) is 22.3 Å². The molecule has 3 nitrogen and oxygen atoms in total. The second-order valence-corrected chi connectivity index (χ2v) is 4.39. The number of hydrogen-bond acceptors (Lipinski definition) is 3. The first-order chi connectivity index (χ1) is 9.62. The first-order valence-corrected chi connectivity index (χ1v) is 6.15. The van der Waals surface area contributed by atoms with Gasteiger partial charge in [-0.25, -0.2) is 4.39 Å². The average molecular weight is 295 g/mol. The van der Waals surface area contributed by atoms with E-state index in [2.05, 4.69) is 0 Å². The lowest BCUT2D eigenvalue weighted by atomic mass is 9.99. The molecule has 0 amide bonds. The summed E-state index contributed by atoms with van der Waals surface area (Å²) in [4.78, 5) is 11.1. The zero-order valence-corrected chi connectivity index (χ0v) is 11.7. The number of ether oxygens (including phenoxy) is 2. The number of methoxy groups -OCH3 is 2. The van der Waals surface area contributed by atoms with Gasteiger partial charge < -0.3 is 9.47 Å². The zero-order valence-electron chi connectivity index (χ0n) is 10.9.